The van der Waals surface area contributed by atoms with Crippen LogP contribution in [0.4, 0.5) is 0 Å². The van der Waals surface area contributed by atoms with Crippen LogP contribution in [0.1, 0.15) is 85.5 Å². The molecule has 0 amide bonds. The smallest absolute Gasteiger partial charge is 0.0360 e. The Morgan fingerprint density at radius 2 is 1.35 bits per heavy atom. The van der Waals surface area contributed by atoms with Crippen LogP contribution in [-0.2, 0) is 0 Å². The average molecular weight is 238 g/mol. The zero-order valence-electron chi connectivity index (χ0n) is 12.7. The SMILES string of the molecule is CCCCCCCCC1C(C)CCC(C)C1C. The highest BCUT2D eigenvalue weighted by Gasteiger charge is 2.31. The molecule has 4 unspecified atom stereocenters. The van der Waals surface area contributed by atoms with E-state index < -0.39 is 0 Å². The van der Waals surface area contributed by atoms with Gasteiger partial charge in [-0.2, -0.15) is 0 Å². The molecule has 0 aromatic carbocycles. The van der Waals surface area contributed by atoms with Gasteiger partial charge in [0.1, 0.15) is 0 Å². The highest BCUT2D eigenvalue weighted by atomic mass is 14.4. The standard InChI is InChI=1S/C17H34/c1-5-6-7-8-9-10-11-17-15(3)13-12-14(2)16(17)4/h14-17H,5-13H2,1-4H3. The minimum Gasteiger partial charge on any atom is -0.0654 e. The van der Waals surface area contributed by atoms with Crippen LogP contribution in [0.3, 0.4) is 0 Å². The molecular weight excluding hydrogens is 204 g/mol. The van der Waals surface area contributed by atoms with Gasteiger partial charge in [-0.25, -0.2) is 0 Å². The minimum atomic E-state index is 0.967. The Balaban J connectivity index is 2.15. The Morgan fingerprint density at radius 1 is 0.765 bits per heavy atom. The van der Waals surface area contributed by atoms with Gasteiger partial charge in [0.05, 0.1) is 0 Å². The van der Waals surface area contributed by atoms with Gasteiger partial charge >= 0.3 is 0 Å². The van der Waals surface area contributed by atoms with Gasteiger partial charge < -0.3 is 0 Å². The van der Waals surface area contributed by atoms with E-state index in [1.807, 2.05) is 0 Å². The summed E-state index contributed by atoms with van der Waals surface area (Å²) in [4.78, 5) is 0. The third-order valence-corrected chi connectivity index (χ3v) is 5.27. The third-order valence-electron chi connectivity index (χ3n) is 5.27. The van der Waals surface area contributed by atoms with Gasteiger partial charge in [-0.15, -0.1) is 0 Å². The Morgan fingerprint density at radius 3 is 2.06 bits per heavy atom. The molecule has 0 heterocycles. The quantitative estimate of drug-likeness (QED) is 0.473. The average Bonchev–Trinajstić information content (AvgIpc) is 2.32. The first-order valence-corrected chi connectivity index (χ1v) is 8.16. The van der Waals surface area contributed by atoms with Crippen LogP contribution in [0.2, 0.25) is 0 Å². The molecule has 0 radical (unpaired) electrons. The zero-order valence-corrected chi connectivity index (χ0v) is 12.7. The van der Waals surface area contributed by atoms with Crippen molar-refractivity contribution in [3.63, 3.8) is 0 Å². The van der Waals surface area contributed by atoms with Crippen molar-refractivity contribution in [3.8, 4) is 0 Å². The van der Waals surface area contributed by atoms with Crippen LogP contribution >= 0.6 is 0 Å². The fraction of sp³-hybridized carbons (Fsp3) is 1.00. The van der Waals surface area contributed by atoms with Crippen molar-refractivity contribution in [3.05, 3.63) is 0 Å². The van der Waals surface area contributed by atoms with Gasteiger partial charge in [0.25, 0.3) is 0 Å². The third kappa shape index (κ3) is 5.02. The molecule has 1 aliphatic rings. The van der Waals surface area contributed by atoms with Crippen molar-refractivity contribution in [2.24, 2.45) is 23.7 Å². The summed E-state index contributed by atoms with van der Waals surface area (Å²) in [5, 5.41) is 0. The van der Waals surface area contributed by atoms with E-state index in [2.05, 4.69) is 27.7 Å². The van der Waals surface area contributed by atoms with Crippen molar-refractivity contribution in [1.82, 2.24) is 0 Å². The van der Waals surface area contributed by atoms with Crippen LogP contribution in [0.15, 0.2) is 0 Å². The molecule has 0 N–H and O–H groups in total. The number of hydrogen-bond donors (Lipinski definition) is 0. The maximum absolute atomic E-state index is 2.50. The first kappa shape index (κ1) is 15.1. The lowest BCUT2D eigenvalue weighted by Crippen LogP contribution is -2.30. The number of hydrogen-bond acceptors (Lipinski definition) is 0. The molecule has 4 atom stereocenters. The summed E-state index contributed by atoms with van der Waals surface area (Å²) in [6, 6.07) is 0. The normalized spacial score (nSPS) is 33.9. The lowest BCUT2D eigenvalue weighted by molar-refractivity contribution is 0.111. The number of unbranched alkanes of at least 4 members (excludes halogenated alkanes) is 5. The summed E-state index contributed by atoms with van der Waals surface area (Å²) in [7, 11) is 0. The molecule has 0 heteroatoms. The van der Waals surface area contributed by atoms with E-state index in [0.717, 1.165) is 23.7 Å². The summed E-state index contributed by atoms with van der Waals surface area (Å²) in [5.74, 6) is 3.94. The number of rotatable bonds is 7. The van der Waals surface area contributed by atoms with Gasteiger partial charge in [-0.1, -0.05) is 79.1 Å². The summed E-state index contributed by atoms with van der Waals surface area (Å²) in [5.41, 5.74) is 0. The Bertz CT molecular complexity index is 184. The van der Waals surface area contributed by atoms with Crippen LogP contribution < -0.4 is 0 Å². The molecule has 0 aromatic heterocycles. The van der Waals surface area contributed by atoms with Crippen molar-refractivity contribution in [2.45, 2.75) is 85.5 Å². The Labute approximate surface area is 110 Å². The lowest BCUT2D eigenvalue weighted by atomic mass is 9.67. The van der Waals surface area contributed by atoms with Crippen LogP contribution in [0.25, 0.3) is 0 Å². The second kappa shape index (κ2) is 8.16. The van der Waals surface area contributed by atoms with Crippen LogP contribution in [0.5, 0.6) is 0 Å². The zero-order chi connectivity index (χ0) is 12.7. The summed E-state index contributed by atoms with van der Waals surface area (Å²) in [6.07, 6.45) is 13.1. The topological polar surface area (TPSA) is 0 Å². The monoisotopic (exact) mass is 238 g/mol. The van der Waals surface area contributed by atoms with Crippen molar-refractivity contribution in [2.75, 3.05) is 0 Å². The Hall–Kier alpha value is 0. The fourth-order valence-electron chi connectivity index (χ4n) is 3.65. The fourth-order valence-corrected chi connectivity index (χ4v) is 3.65. The molecule has 0 nitrogen and oxygen atoms in total. The molecule has 0 bridgehead atoms. The highest BCUT2D eigenvalue weighted by molar-refractivity contribution is 4.81. The molecule has 0 aliphatic heterocycles. The van der Waals surface area contributed by atoms with Gasteiger partial charge in [-0.05, 0) is 30.1 Å². The van der Waals surface area contributed by atoms with E-state index in [4.69, 9.17) is 0 Å². The van der Waals surface area contributed by atoms with Crippen molar-refractivity contribution in [1.29, 1.82) is 0 Å². The maximum Gasteiger partial charge on any atom is -0.0360 e. The summed E-state index contributed by atoms with van der Waals surface area (Å²) < 4.78 is 0. The second-order valence-electron chi connectivity index (χ2n) is 6.61. The molecule has 0 saturated heterocycles. The van der Waals surface area contributed by atoms with E-state index in [9.17, 15) is 0 Å². The highest BCUT2D eigenvalue weighted by Crippen LogP contribution is 2.40. The second-order valence-corrected chi connectivity index (χ2v) is 6.61. The lowest BCUT2D eigenvalue weighted by Gasteiger charge is -2.39. The molecule has 1 rings (SSSR count). The first-order chi connectivity index (χ1) is 8.16. The van der Waals surface area contributed by atoms with Crippen molar-refractivity contribution < 1.29 is 0 Å². The van der Waals surface area contributed by atoms with E-state index >= 15 is 0 Å². The van der Waals surface area contributed by atoms with Crippen molar-refractivity contribution >= 4 is 0 Å². The van der Waals surface area contributed by atoms with Gasteiger partial charge in [0.15, 0.2) is 0 Å². The molecule has 102 valence electrons. The molecule has 1 fully saturated rings. The molecular formula is C17H34. The minimum absolute atomic E-state index is 0.967. The van der Waals surface area contributed by atoms with E-state index in [1.165, 1.54) is 57.8 Å². The predicted octanol–water partition coefficient (Wildman–Crippen LogP) is 6.06. The first-order valence-electron chi connectivity index (χ1n) is 8.16. The van der Waals surface area contributed by atoms with E-state index in [0.29, 0.717) is 0 Å². The van der Waals surface area contributed by atoms with Gasteiger partial charge in [0.2, 0.25) is 0 Å². The van der Waals surface area contributed by atoms with Crippen LogP contribution in [-0.4, -0.2) is 0 Å². The summed E-state index contributed by atoms with van der Waals surface area (Å²) in [6.45, 7) is 9.75. The van der Waals surface area contributed by atoms with E-state index in [1.54, 1.807) is 0 Å². The molecule has 0 aromatic rings. The van der Waals surface area contributed by atoms with Crippen LogP contribution in [0, 0.1) is 23.7 Å². The van der Waals surface area contributed by atoms with E-state index in [-0.39, 0.29) is 0 Å². The molecule has 17 heavy (non-hydrogen) atoms. The Kier molecular flexibility index (Phi) is 7.23. The predicted molar refractivity (Wildman–Crippen MR) is 78.2 cm³/mol. The maximum atomic E-state index is 2.50. The van der Waals surface area contributed by atoms with Gasteiger partial charge in [-0.3, -0.25) is 0 Å². The summed E-state index contributed by atoms with van der Waals surface area (Å²) >= 11 is 0. The largest absolute Gasteiger partial charge is 0.0654 e. The molecule has 1 aliphatic carbocycles. The van der Waals surface area contributed by atoms with Gasteiger partial charge in [0, 0.05) is 0 Å². The molecule has 1 saturated carbocycles. The molecule has 0 spiro atoms.